The normalized spacial score (nSPS) is 15.8. The highest BCUT2D eigenvalue weighted by atomic mass is 32.2. The van der Waals surface area contributed by atoms with Gasteiger partial charge in [0.1, 0.15) is 4.32 Å². The molecule has 3 rings (SSSR count). The molecule has 0 aliphatic carbocycles. The molecule has 0 fully saturated rings. The predicted molar refractivity (Wildman–Crippen MR) is 123 cm³/mol. The maximum absolute atomic E-state index is 13.0. The number of thiophene rings is 1. The second-order valence-corrected chi connectivity index (χ2v) is 9.10. The van der Waals surface area contributed by atoms with E-state index in [1.807, 2.05) is 54.7 Å². The van der Waals surface area contributed by atoms with Gasteiger partial charge in [0.05, 0.1) is 36.6 Å². The Morgan fingerprint density at radius 1 is 1.31 bits per heavy atom. The number of rotatable bonds is 6. The number of carbonyl (C=O) groups excluding carboxylic acids is 1. The Bertz CT molecular complexity index is 913. The number of ether oxygens (including phenoxy) is 2. The van der Waals surface area contributed by atoms with Crippen molar-refractivity contribution < 1.29 is 14.3 Å². The molecule has 1 amide bonds. The summed E-state index contributed by atoms with van der Waals surface area (Å²) in [5.74, 6) is 1.44. The summed E-state index contributed by atoms with van der Waals surface area (Å²) in [6.07, 6.45) is 0.643. The van der Waals surface area contributed by atoms with Crippen molar-refractivity contribution in [3.63, 3.8) is 0 Å². The van der Waals surface area contributed by atoms with Crippen LogP contribution in [0.5, 0.6) is 11.5 Å². The smallest absolute Gasteiger partial charge is 0.253 e. The van der Waals surface area contributed by atoms with Crippen molar-refractivity contribution in [2.24, 2.45) is 5.10 Å². The van der Waals surface area contributed by atoms with Crippen LogP contribution in [-0.2, 0) is 4.79 Å². The van der Waals surface area contributed by atoms with Gasteiger partial charge in [-0.2, -0.15) is 5.10 Å². The number of carbonyl (C=O) groups is 1. The molecule has 29 heavy (non-hydrogen) atoms. The van der Waals surface area contributed by atoms with Crippen LogP contribution in [0.15, 0.2) is 40.8 Å². The minimum absolute atomic E-state index is 0.0782. The van der Waals surface area contributed by atoms with Crippen molar-refractivity contribution in [2.45, 2.75) is 12.5 Å². The van der Waals surface area contributed by atoms with Gasteiger partial charge in [0.25, 0.3) is 5.91 Å². The number of benzene rings is 1. The van der Waals surface area contributed by atoms with Crippen LogP contribution in [0.4, 0.5) is 0 Å². The number of nitrogens with zero attached hydrogens (tertiary/aromatic N) is 3. The van der Waals surface area contributed by atoms with Crippen molar-refractivity contribution in [2.75, 3.05) is 34.1 Å². The zero-order chi connectivity index (χ0) is 21.0. The first kappa shape index (κ1) is 21.6. The monoisotopic (exact) mass is 449 g/mol. The molecular weight excluding hydrogens is 426 g/mol. The van der Waals surface area contributed by atoms with E-state index in [1.54, 1.807) is 30.6 Å². The van der Waals surface area contributed by atoms with Crippen LogP contribution in [-0.4, -0.2) is 59.9 Å². The zero-order valence-corrected chi connectivity index (χ0v) is 19.2. The minimum Gasteiger partial charge on any atom is -0.493 e. The lowest BCUT2D eigenvalue weighted by Crippen LogP contribution is -2.30. The van der Waals surface area contributed by atoms with Crippen LogP contribution in [0.25, 0.3) is 0 Å². The van der Waals surface area contributed by atoms with Crippen LogP contribution in [0.1, 0.15) is 22.9 Å². The van der Waals surface area contributed by atoms with Gasteiger partial charge in [-0.1, -0.05) is 36.1 Å². The molecule has 1 aromatic heterocycles. The number of methoxy groups -OCH3 is 2. The molecule has 1 aromatic carbocycles. The molecule has 1 aliphatic heterocycles. The number of thioether (sulfide) groups is 1. The SMILES string of the molecule is COc1ccc(C2CC(c3cccs3)=NN2C(=O)CSC(=S)N(C)C)cc1OC. The summed E-state index contributed by atoms with van der Waals surface area (Å²) in [5, 5.41) is 8.28. The molecule has 0 saturated carbocycles. The van der Waals surface area contributed by atoms with Crippen molar-refractivity contribution in [3.8, 4) is 11.5 Å². The molecule has 0 bridgehead atoms. The van der Waals surface area contributed by atoms with Crippen LogP contribution in [0.3, 0.4) is 0 Å². The quantitative estimate of drug-likeness (QED) is 0.621. The Morgan fingerprint density at radius 3 is 2.69 bits per heavy atom. The first-order valence-corrected chi connectivity index (χ1v) is 11.2. The lowest BCUT2D eigenvalue weighted by atomic mass is 10.0. The molecule has 0 saturated heterocycles. The molecule has 6 nitrogen and oxygen atoms in total. The van der Waals surface area contributed by atoms with Gasteiger partial charge in [-0.15, -0.1) is 11.3 Å². The van der Waals surface area contributed by atoms with Crippen LogP contribution in [0, 0.1) is 0 Å². The van der Waals surface area contributed by atoms with E-state index < -0.39 is 0 Å². The topological polar surface area (TPSA) is 54.4 Å². The van der Waals surface area contributed by atoms with Crippen LogP contribution >= 0.6 is 35.3 Å². The van der Waals surface area contributed by atoms with Gasteiger partial charge < -0.3 is 14.4 Å². The van der Waals surface area contributed by atoms with Crippen molar-refractivity contribution in [1.29, 1.82) is 0 Å². The second-order valence-electron chi connectivity index (χ2n) is 6.55. The zero-order valence-electron chi connectivity index (χ0n) is 16.7. The number of amides is 1. The first-order chi connectivity index (χ1) is 13.9. The molecule has 1 unspecified atom stereocenters. The van der Waals surface area contributed by atoms with E-state index >= 15 is 0 Å². The second kappa shape index (κ2) is 9.60. The molecule has 0 N–H and O–H groups in total. The van der Waals surface area contributed by atoms with Crippen LogP contribution in [0.2, 0.25) is 0 Å². The lowest BCUT2D eigenvalue weighted by Gasteiger charge is -2.23. The molecule has 1 atom stereocenters. The van der Waals surface area contributed by atoms with E-state index in [-0.39, 0.29) is 17.7 Å². The fourth-order valence-corrected chi connectivity index (χ4v) is 4.51. The van der Waals surface area contributed by atoms with Gasteiger partial charge in [0, 0.05) is 20.5 Å². The van der Waals surface area contributed by atoms with Crippen LogP contribution < -0.4 is 9.47 Å². The maximum atomic E-state index is 13.0. The number of thiocarbonyl (C=S) groups is 1. The van der Waals surface area contributed by atoms with Crippen molar-refractivity contribution in [3.05, 3.63) is 46.2 Å². The summed E-state index contributed by atoms with van der Waals surface area (Å²) in [6.45, 7) is 0. The molecule has 2 aromatic rings. The predicted octanol–water partition coefficient (Wildman–Crippen LogP) is 4.02. The Morgan fingerprint density at radius 2 is 2.07 bits per heavy atom. The Kier molecular flexibility index (Phi) is 7.15. The standard InChI is InChI=1S/C20H23N3O3S3/c1-22(2)20(27)29-12-19(24)23-15(11-14(21-23)18-6-5-9-28-18)13-7-8-16(25-3)17(10-13)26-4/h5-10,15H,11-12H2,1-4H3. The molecular formula is C20H23N3O3S3. The Balaban J connectivity index is 1.88. The van der Waals surface area contributed by atoms with Gasteiger partial charge >= 0.3 is 0 Å². The molecule has 0 spiro atoms. The third kappa shape index (κ3) is 4.91. The van der Waals surface area contributed by atoms with Gasteiger partial charge in [-0.3, -0.25) is 4.79 Å². The third-order valence-corrected chi connectivity index (χ3v) is 7.09. The van der Waals surface area contributed by atoms with Gasteiger partial charge in [0.2, 0.25) is 0 Å². The largest absolute Gasteiger partial charge is 0.493 e. The molecule has 9 heteroatoms. The van der Waals surface area contributed by atoms with E-state index in [1.165, 1.54) is 11.8 Å². The summed E-state index contributed by atoms with van der Waals surface area (Å²) < 4.78 is 11.5. The van der Waals surface area contributed by atoms with Crippen molar-refractivity contribution >= 4 is 51.3 Å². The fraction of sp³-hybridized carbons (Fsp3) is 0.350. The van der Waals surface area contributed by atoms with E-state index in [9.17, 15) is 4.79 Å². The summed E-state index contributed by atoms with van der Waals surface area (Å²) >= 11 is 8.26. The Labute approximate surface area is 184 Å². The highest BCUT2D eigenvalue weighted by Gasteiger charge is 2.34. The molecule has 1 aliphatic rings. The maximum Gasteiger partial charge on any atom is 0.253 e. The summed E-state index contributed by atoms with van der Waals surface area (Å²) in [6, 6.07) is 9.54. The third-order valence-electron chi connectivity index (χ3n) is 4.45. The van der Waals surface area contributed by atoms with E-state index in [2.05, 4.69) is 5.10 Å². The molecule has 0 radical (unpaired) electrons. The number of hydrazone groups is 1. The van der Waals surface area contributed by atoms with Gasteiger partial charge in [-0.05, 0) is 29.1 Å². The first-order valence-electron chi connectivity index (χ1n) is 8.94. The fourth-order valence-electron chi connectivity index (χ4n) is 2.97. The average Bonchev–Trinajstić information content (AvgIpc) is 3.40. The van der Waals surface area contributed by atoms with Crippen molar-refractivity contribution in [1.82, 2.24) is 9.91 Å². The summed E-state index contributed by atoms with van der Waals surface area (Å²) in [4.78, 5) is 15.9. The Hall–Kier alpha value is -2.10. The van der Waals surface area contributed by atoms with E-state index in [0.717, 1.165) is 16.2 Å². The lowest BCUT2D eigenvalue weighted by molar-refractivity contribution is -0.130. The highest BCUT2D eigenvalue weighted by molar-refractivity contribution is 8.23. The summed E-state index contributed by atoms with van der Waals surface area (Å²) in [5.41, 5.74) is 1.86. The highest BCUT2D eigenvalue weighted by Crippen LogP contribution is 2.38. The molecule has 2 heterocycles. The number of hydrogen-bond acceptors (Lipinski definition) is 7. The number of hydrogen-bond donors (Lipinski definition) is 0. The van der Waals surface area contributed by atoms with E-state index in [4.69, 9.17) is 21.7 Å². The van der Waals surface area contributed by atoms with E-state index in [0.29, 0.717) is 22.2 Å². The minimum atomic E-state index is -0.201. The van der Waals surface area contributed by atoms with Gasteiger partial charge in [-0.25, -0.2) is 5.01 Å². The molecule has 154 valence electrons. The average molecular weight is 450 g/mol. The summed E-state index contributed by atoms with van der Waals surface area (Å²) in [7, 11) is 6.95. The van der Waals surface area contributed by atoms with Gasteiger partial charge in [0.15, 0.2) is 11.5 Å².